The lowest BCUT2D eigenvalue weighted by Gasteiger charge is -2.17. The van der Waals surface area contributed by atoms with Gasteiger partial charge in [-0.15, -0.1) is 11.3 Å². The van der Waals surface area contributed by atoms with Crippen molar-refractivity contribution in [1.82, 2.24) is 4.98 Å². The summed E-state index contributed by atoms with van der Waals surface area (Å²) in [5, 5.41) is 1.22. The lowest BCUT2D eigenvalue weighted by Crippen LogP contribution is -2.09. The molecule has 1 aromatic heterocycles. The van der Waals surface area contributed by atoms with Crippen molar-refractivity contribution < 1.29 is 0 Å². The van der Waals surface area contributed by atoms with Crippen molar-refractivity contribution in [2.24, 2.45) is 0 Å². The van der Waals surface area contributed by atoms with E-state index < -0.39 is 0 Å². The maximum absolute atomic E-state index is 4.36. The summed E-state index contributed by atoms with van der Waals surface area (Å²) in [5.74, 6) is 0. The number of thiazole rings is 1. The Morgan fingerprint density at radius 2 is 2.18 bits per heavy atom. The van der Waals surface area contributed by atoms with E-state index >= 15 is 0 Å². The normalized spacial score (nSPS) is 12.0. The third-order valence-corrected chi connectivity index (χ3v) is 4.23. The fourth-order valence-corrected chi connectivity index (χ4v) is 2.08. The molecular formula is C8H13NS2. The van der Waals surface area contributed by atoms with Gasteiger partial charge in [0.2, 0.25) is 0 Å². The van der Waals surface area contributed by atoms with Crippen LogP contribution in [0.3, 0.4) is 0 Å². The molecule has 0 spiro atoms. The Morgan fingerprint density at radius 3 is 2.55 bits per heavy atom. The second-order valence-corrected chi connectivity index (χ2v) is 5.65. The predicted octanol–water partition coefficient (Wildman–Crippen LogP) is 3.05. The highest BCUT2D eigenvalue weighted by molar-refractivity contribution is 7.99. The Hall–Kier alpha value is -0.0200. The van der Waals surface area contributed by atoms with Gasteiger partial charge in [-0.1, -0.05) is 0 Å². The van der Waals surface area contributed by atoms with Crippen LogP contribution in [0.15, 0.2) is 6.20 Å². The zero-order valence-electron chi connectivity index (χ0n) is 7.34. The molecule has 1 rings (SSSR count). The molecular weight excluding hydrogens is 174 g/mol. The second-order valence-electron chi connectivity index (χ2n) is 2.99. The molecule has 0 N–H and O–H groups in total. The van der Waals surface area contributed by atoms with Crippen LogP contribution in [0.25, 0.3) is 0 Å². The molecule has 0 bridgehead atoms. The number of hydrogen-bond acceptors (Lipinski definition) is 3. The zero-order valence-corrected chi connectivity index (χ0v) is 8.97. The SMILES string of the molecule is CSC(C)(C)c1ncc(C)s1. The van der Waals surface area contributed by atoms with Gasteiger partial charge in [0, 0.05) is 11.1 Å². The summed E-state index contributed by atoms with van der Waals surface area (Å²) in [4.78, 5) is 5.65. The second kappa shape index (κ2) is 3.15. The summed E-state index contributed by atoms with van der Waals surface area (Å²) in [7, 11) is 0. The first-order valence-corrected chi connectivity index (χ1v) is 5.58. The minimum Gasteiger partial charge on any atom is -0.248 e. The molecule has 0 fully saturated rings. The highest BCUT2D eigenvalue weighted by Crippen LogP contribution is 2.35. The summed E-state index contributed by atoms with van der Waals surface area (Å²) < 4.78 is 0.179. The maximum Gasteiger partial charge on any atom is 0.108 e. The molecule has 0 unspecified atom stereocenters. The van der Waals surface area contributed by atoms with E-state index in [2.05, 4.69) is 32.0 Å². The van der Waals surface area contributed by atoms with E-state index in [0.29, 0.717) is 0 Å². The zero-order chi connectivity index (χ0) is 8.48. The molecule has 1 nitrogen and oxygen atoms in total. The summed E-state index contributed by atoms with van der Waals surface area (Å²) in [5.41, 5.74) is 0. The lowest BCUT2D eigenvalue weighted by molar-refractivity contribution is 0.775. The van der Waals surface area contributed by atoms with Gasteiger partial charge in [-0.2, -0.15) is 11.8 Å². The smallest absolute Gasteiger partial charge is 0.108 e. The number of thioether (sulfide) groups is 1. The summed E-state index contributed by atoms with van der Waals surface area (Å²) in [6, 6.07) is 0. The largest absolute Gasteiger partial charge is 0.248 e. The van der Waals surface area contributed by atoms with E-state index in [9.17, 15) is 0 Å². The predicted molar refractivity (Wildman–Crippen MR) is 53.4 cm³/mol. The van der Waals surface area contributed by atoms with E-state index in [1.165, 1.54) is 9.88 Å². The van der Waals surface area contributed by atoms with Crippen LogP contribution in [-0.4, -0.2) is 11.2 Å². The van der Waals surface area contributed by atoms with Gasteiger partial charge in [0.15, 0.2) is 0 Å². The van der Waals surface area contributed by atoms with Gasteiger partial charge < -0.3 is 0 Å². The Morgan fingerprint density at radius 1 is 1.55 bits per heavy atom. The molecule has 0 saturated heterocycles. The minimum atomic E-state index is 0.179. The summed E-state index contributed by atoms with van der Waals surface area (Å²) in [6.45, 7) is 6.50. The van der Waals surface area contributed by atoms with Gasteiger partial charge in [0.1, 0.15) is 5.01 Å². The Kier molecular flexibility index (Phi) is 2.60. The van der Waals surface area contributed by atoms with Gasteiger partial charge in [-0.25, -0.2) is 4.98 Å². The van der Waals surface area contributed by atoms with Crippen molar-refractivity contribution in [3.8, 4) is 0 Å². The van der Waals surface area contributed by atoms with Gasteiger partial charge in [0.05, 0.1) is 4.75 Å². The van der Waals surface area contributed by atoms with Crippen LogP contribution in [0.4, 0.5) is 0 Å². The molecule has 11 heavy (non-hydrogen) atoms. The molecule has 0 aromatic carbocycles. The number of rotatable bonds is 2. The maximum atomic E-state index is 4.36. The van der Waals surface area contributed by atoms with Crippen LogP contribution < -0.4 is 0 Å². The molecule has 0 radical (unpaired) electrons. The van der Waals surface area contributed by atoms with Crippen molar-refractivity contribution in [3.63, 3.8) is 0 Å². The minimum absolute atomic E-state index is 0.179. The van der Waals surface area contributed by atoms with E-state index in [-0.39, 0.29) is 4.75 Å². The third kappa shape index (κ3) is 1.97. The molecule has 3 heteroatoms. The van der Waals surface area contributed by atoms with E-state index in [0.717, 1.165) is 0 Å². The fourth-order valence-electron chi connectivity index (χ4n) is 0.720. The molecule has 62 valence electrons. The molecule has 1 aromatic rings. The molecule has 1 heterocycles. The third-order valence-electron chi connectivity index (χ3n) is 1.65. The van der Waals surface area contributed by atoms with Crippen LogP contribution in [-0.2, 0) is 4.75 Å². The van der Waals surface area contributed by atoms with Crippen molar-refractivity contribution in [1.29, 1.82) is 0 Å². The first kappa shape index (κ1) is 9.07. The Labute approximate surface area is 76.2 Å². The van der Waals surface area contributed by atoms with Crippen LogP contribution in [0, 0.1) is 6.92 Å². The van der Waals surface area contributed by atoms with Gasteiger partial charge in [-0.05, 0) is 27.0 Å². The van der Waals surface area contributed by atoms with Crippen LogP contribution >= 0.6 is 23.1 Å². The van der Waals surface area contributed by atoms with E-state index in [1.807, 2.05) is 18.0 Å². The quantitative estimate of drug-likeness (QED) is 0.706. The Balaban J connectivity index is 2.92. The number of aromatic nitrogens is 1. The molecule has 0 saturated carbocycles. The molecule has 0 aliphatic heterocycles. The highest BCUT2D eigenvalue weighted by atomic mass is 32.2. The average Bonchev–Trinajstić information content (AvgIpc) is 2.36. The summed E-state index contributed by atoms with van der Waals surface area (Å²) >= 11 is 3.63. The molecule has 0 amide bonds. The van der Waals surface area contributed by atoms with Gasteiger partial charge in [-0.3, -0.25) is 0 Å². The number of aryl methyl sites for hydroxylation is 1. The number of nitrogens with zero attached hydrogens (tertiary/aromatic N) is 1. The molecule has 0 aliphatic rings. The van der Waals surface area contributed by atoms with Gasteiger partial charge >= 0.3 is 0 Å². The van der Waals surface area contributed by atoms with Crippen molar-refractivity contribution >= 4 is 23.1 Å². The van der Waals surface area contributed by atoms with Crippen LogP contribution in [0.2, 0.25) is 0 Å². The van der Waals surface area contributed by atoms with E-state index in [1.54, 1.807) is 11.3 Å². The van der Waals surface area contributed by atoms with E-state index in [4.69, 9.17) is 0 Å². The first-order valence-electron chi connectivity index (χ1n) is 3.54. The monoisotopic (exact) mass is 187 g/mol. The fraction of sp³-hybridized carbons (Fsp3) is 0.625. The van der Waals surface area contributed by atoms with Gasteiger partial charge in [0.25, 0.3) is 0 Å². The first-order chi connectivity index (χ1) is 5.06. The topological polar surface area (TPSA) is 12.9 Å². The molecule has 0 aliphatic carbocycles. The van der Waals surface area contributed by atoms with Crippen molar-refractivity contribution in [3.05, 3.63) is 16.1 Å². The standard InChI is InChI=1S/C8H13NS2/c1-6-5-9-7(11-6)8(2,3)10-4/h5H,1-4H3. The lowest BCUT2D eigenvalue weighted by atomic mass is 10.2. The van der Waals surface area contributed by atoms with Crippen LogP contribution in [0.5, 0.6) is 0 Å². The molecule has 0 atom stereocenters. The summed E-state index contributed by atoms with van der Waals surface area (Å²) in [6.07, 6.45) is 4.06. The highest BCUT2D eigenvalue weighted by Gasteiger charge is 2.21. The van der Waals surface area contributed by atoms with Crippen molar-refractivity contribution in [2.75, 3.05) is 6.26 Å². The average molecular weight is 187 g/mol. The van der Waals surface area contributed by atoms with Crippen LogP contribution in [0.1, 0.15) is 23.7 Å². The Bertz CT molecular complexity index is 240. The van der Waals surface area contributed by atoms with Crippen molar-refractivity contribution in [2.45, 2.75) is 25.5 Å². The number of hydrogen-bond donors (Lipinski definition) is 0.